The standard InChI is InChI=1S/C30H21N5O4/c36-25-13-12-23(28(37)33-25)35-29(38)21-11-9-19(16-22(21)30(35)39)26-27(34-14-4-3-7-24(34)32-26)31-20-10-8-17-5-1-2-6-18(17)15-20/h1-11,14-16,23,31H,12-13H2,(H,33,36,37). The summed E-state index contributed by atoms with van der Waals surface area (Å²) in [4.78, 5) is 56.3. The fourth-order valence-electron chi connectivity index (χ4n) is 5.34. The molecule has 0 aliphatic carbocycles. The molecule has 0 radical (unpaired) electrons. The van der Waals surface area contributed by atoms with Crippen LogP contribution in [0.15, 0.2) is 85.1 Å². The van der Waals surface area contributed by atoms with Crippen LogP contribution in [-0.4, -0.2) is 44.0 Å². The number of piperidine rings is 1. The molecule has 4 amide bonds. The van der Waals surface area contributed by atoms with E-state index in [0.29, 0.717) is 22.7 Å². The SMILES string of the molecule is O=C1CCC(N2C(=O)c3ccc(-c4nc5ccccn5c4Nc4ccc5ccccc5c4)cc3C2=O)C(=O)N1. The first-order chi connectivity index (χ1) is 19.0. The summed E-state index contributed by atoms with van der Waals surface area (Å²) in [5.41, 5.74) is 3.27. The number of amides is 4. The summed E-state index contributed by atoms with van der Waals surface area (Å²) in [5.74, 6) is -1.43. The van der Waals surface area contributed by atoms with Gasteiger partial charge in [0.2, 0.25) is 11.8 Å². The van der Waals surface area contributed by atoms with Crippen molar-refractivity contribution in [3.8, 4) is 11.3 Å². The summed E-state index contributed by atoms with van der Waals surface area (Å²) in [5, 5.41) is 7.94. The predicted octanol–water partition coefficient (Wildman–Crippen LogP) is 4.30. The van der Waals surface area contributed by atoms with Crippen LogP contribution in [-0.2, 0) is 9.59 Å². The van der Waals surface area contributed by atoms with E-state index in [0.717, 1.165) is 21.4 Å². The predicted molar refractivity (Wildman–Crippen MR) is 145 cm³/mol. The van der Waals surface area contributed by atoms with Gasteiger partial charge in [-0.2, -0.15) is 0 Å². The normalized spacial score (nSPS) is 17.1. The number of benzene rings is 3. The lowest BCUT2D eigenvalue weighted by Gasteiger charge is -2.27. The molecule has 1 atom stereocenters. The number of anilines is 2. The van der Waals surface area contributed by atoms with E-state index in [9.17, 15) is 19.2 Å². The molecule has 2 aromatic heterocycles. The van der Waals surface area contributed by atoms with E-state index in [1.54, 1.807) is 18.2 Å². The van der Waals surface area contributed by atoms with Gasteiger partial charge >= 0.3 is 0 Å². The minimum absolute atomic E-state index is 0.0696. The van der Waals surface area contributed by atoms with Crippen molar-refractivity contribution in [1.82, 2.24) is 19.6 Å². The molecule has 2 aliphatic heterocycles. The fraction of sp³-hybridized carbons (Fsp3) is 0.100. The number of carbonyl (C=O) groups is 4. The first kappa shape index (κ1) is 22.9. The number of pyridine rings is 1. The Labute approximate surface area is 222 Å². The Morgan fingerprint density at radius 1 is 0.821 bits per heavy atom. The summed E-state index contributed by atoms with van der Waals surface area (Å²) in [7, 11) is 0. The number of aromatic nitrogens is 2. The highest BCUT2D eigenvalue weighted by Gasteiger charge is 2.44. The second-order valence-electron chi connectivity index (χ2n) is 9.63. The van der Waals surface area contributed by atoms with Gasteiger partial charge in [0.05, 0.1) is 11.1 Å². The lowest BCUT2D eigenvalue weighted by atomic mass is 10.0. The molecule has 0 saturated carbocycles. The number of hydrogen-bond acceptors (Lipinski definition) is 6. The Morgan fingerprint density at radius 3 is 2.46 bits per heavy atom. The topological polar surface area (TPSA) is 113 Å². The molecule has 2 aliphatic rings. The van der Waals surface area contributed by atoms with Gasteiger partial charge in [-0.05, 0) is 53.6 Å². The molecule has 9 nitrogen and oxygen atoms in total. The zero-order chi connectivity index (χ0) is 26.7. The van der Waals surface area contributed by atoms with Crippen molar-refractivity contribution >= 4 is 51.6 Å². The maximum absolute atomic E-state index is 13.4. The van der Waals surface area contributed by atoms with Gasteiger partial charge in [0.25, 0.3) is 11.8 Å². The molecule has 0 bridgehead atoms. The molecular weight excluding hydrogens is 494 g/mol. The number of rotatable bonds is 4. The van der Waals surface area contributed by atoms with Gasteiger partial charge in [-0.25, -0.2) is 4.98 Å². The number of fused-ring (bicyclic) bond motifs is 3. The van der Waals surface area contributed by atoms with Crippen molar-refractivity contribution in [2.24, 2.45) is 0 Å². The zero-order valence-electron chi connectivity index (χ0n) is 20.5. The van der Waals surface area contributed by atoms with Crippen molar-refractivity contribution in [1.29, 1.82) is 0 Å². The molecule has 9 heteroatoms. The van der Waals surface area contributed by atoms with Gasteiger partial charge in [0, 0.05) is 23.9 Å². The fourth-order valence-corrected chi connectivity index (χ4v) is 5.34. The summed E-state index contributed by atoms with van der Waals surface area (Å²) in [6.45, 7) is 0. The van der Waals surface area contributed by atoms with Crippen LogP contribution >= 0.6 is 0 Å². The van der Waals surface area contributed by atoms with Crippen LogP contribution in [0.1, 0.15) is 33.6 Å². The lowest BCUT2D eigenvalue weighted by molar-refractivity contribution is -0.136. The Balaban J connectivity index is 1.29. The molecular formula is C30H21N5O4. The average molecular weight is 516 g/mol. The van der Waals surface area contributed by atoms with Crippen molar-refractivity contribution in [3.05, 3.63) is 96.2 Å². The number of carbonyl (C=O) groups excluding carboxylic acids is 4. The van der Waals surface area contributed by atoms with E-state index < -0.39 is 29.7 Å². The maximum atomic E-state index is 13.4. The largest absolute Gasteiger partial charge is 0.339 e. The van der Waals surface area contributed by atoms with Crippen molar-refractivity contribution in [3.63, 3.8) is 0 Å². The summed E-state index contributed by atoms with van der Waals surface area (Å²) < 4.78 is 1.93. The van der Waals surface area contributed by atoms with E-state index in [-0.39, 0.29) is 24.0 Å². The van der Waals surface area contributed by atoms with Crippen molar-refractivity contribution in [2.45, 2.75) is 18.9 Å². The monoisotopic (exact) mass is 515 g/mol. The summed E-state index contributed by atoms with van der Waals surface area (Å²) in [6.07, 6.45) is 2.08. The second-order valence-corrected chi connectivity index (χ2v) is 9.63. The highest BCUT2D eigenvalue weighted by molar-refractivity contribution is 6.23. The molecule has 3 aromatic carbocycles. The Morgan fingerprint density at radius 2 is 1.62 bits per heavy atom. The molecule has 1 fully saturated rings. The van der Waals surface area contributed by atoms with Crippen LogP contribution in [0.5, 0.6) is 0 Å². The Kier molecular flexibility index (Phi) is 5.06. The van der Waals surface area contributed by atoms with Gasteiger partial charge < -0.3 is 5.32 Å². The van der Waals surface area contributed by atoms with Gasteiger partial charge in [0.15, 0.2) is 0 Å². The van der Waals surface area contributed by atoms with E-state index in [1.165, 1.54) is 0 Å². The van der Waals surface area contributed by atoms with Gasteiger partial charge in [-0.3, -0.25) is 33.8 Å². The molecule has 1 unspecified atom stereocenters. The van der Waals surface area contributed by atoms with Crippen LogP contribution in [0.2, 0.25) is 0 Å². The molecule has 1 saturated heterocycles. The smallest absolute Gasteiger partial charge is 0.262 e. The third kappa shape index (κ3) is 3.66. The van der Waals surface area contributed by atoms with Crippen LogP contribution in [0, 0.1) is 0 Å². The average Bonchev–Trinajstić information content (AvgIpc) is 3.43. The highest BCUT2D eigenvalue weighted by Crippen LogP contribution is 2.35. The van der Waals surface area contributed by atoms with E-state index in [1.807, 2.05) is 59.1 Å². The van der Waals surface area contributed by atoms with Crippen molar-refractivity contribution in [2.75, 3.05) is 5.32 Å². The molecule has 39 heavy (non-hydrogen) atoms. The molecule has 190 valence electrons. The minimum atomic E-state index is -1.01. The molecule has 4 heterocycles. The number of imidazole rings is 1. The quantitative estimate of drug-likeness (QED) is 0.345. The Hall–Kier alpha value is -5.31. The zero-order valence-corrected chi connectivity index (χ0v) is 20.5. The van der Waals surface area contributed by atoms with E-state index >= 15 is 0 Å². The molecule has 5 aromatic rings. The van der Waals surface area contributed by atoms with Gasteiger partial charge in [-0.1, -0.05) is 42.5 Å². The summed E-state index contributed by atoms with van der Waals surface area (Å²) in [6, 6.07) is 23.9. The van der Waals surface area contributed by atoms with Gasteiger partial charge in [0.1, 0.15) is 23.2 Å². The Bertz CT molecular complexity index is 1870. The van der Waals surface area contributed by atoms with Crippen LogP contribution < -0.4 is 10.6 Å². The number of hydrogen-bond donors (Lipinski definition) is 2. The third-order valence-corrected chi connectivity index (χ3v) is 7.26. The number of nitrogens with one attached hydrogen (secondary N) is 2. The molecule has 0 spiro atoms. The minimum Gasteiger partial charge on any atom is -0.339 e. The van der Waals surface area contributed by atoms with Crippen LogP contribution in [0.4, 0.5) is 11.5 Å². The lowest BCUT2D eigenvalue weighted by Crippen LogP contribution is -2.54. The number of nitrogens with zero attached hydrogens (tertiary/aromatic N) is 3. The number of imide groups is 2. The second kappa shape index (κ2) is 8.63. The van der Waals surface area contributed by atoms with Crippen LogP contribution in [0.3, 0.4) is 0 Å². The van der Waals surface area contributed by atoms with Crippen LogP contribution in [0.25, 0.3) is 27.7 Å². The summed E-state index contributed by atoms with van der Waals surface area (Å²) >= 11 is 0. The third-order valence-electron chi connectivity index (χ3n) is 7.26. The highest BCUT2D eigenvalue weighted by atomic mass is 16.2. The first-order valence-electron chi connectivity index (χ1n) is 12.6. The molecule has 2 N–H and O–H groups in total. The van der Waals surface area contributed by atoms with Crippen molar-refractivity contribution < 1.29 is 19.2 Å². The van der Waals surface area contributed by atoms with E-state index in [4.69, 9.17) is 4.98 Å². The van der Waals surface area contributed by atoms with E-state index in [2.05, 4.69) is 22.8 Å². The van der Waals surface area contributed by atoms with Gasteiger partial charge in [-0.15, -0.1) is 0 Å². The maximum Gasteiger partial charge on any atom is 0.262 e. The molecule has 7 rings (SSSR count). The first-order valence-corrected chi connectivity index (χ1v) is 12.6.